The number of benzene rings is 3. The summed E-state index contributed by atoms with van der Waals surface area (Å²) >= 11 is 0. The fourth-order valence-electron chi connectivity index (χ4n) is 4.60. The molecule has 0 amide bonds. The molecule has 0 radical (unpaired) electrons. The molecule has 8 heteroatoms. The summed E-state index contributed by atoms with van der Waals surface area (Å²) in [5.41, 5.74) is 3.63. The lowest BCUT2D eigenvalue weighted by molar-refractivity contribution is 0.129. The molecule has 0 N–H and O–H groups in total. The minimum absolute atomic E-state index is 0.0522. The second-order valence-corrected chi connectivity index (χ2v) is 12.1. The van der Waals surface area contributed by atoms with Crippen LogP contribution >= 0.6 is 0 Å². The molecular formula is C31H35FN2O4S. The zero-order valence-corrected chi connectivity index (χ0v) is 24.2. The fourth-order valence-corrected chi connectivity index (χ4v) is 6.18. The van der Waals surface area contributed by atoms with E-state index in [-0.39, 0.29) is 40.2 Å². The summed E-state index contributed by atoms with van der Waals surface area (Å²) in [6.07, 6.45) is -0.761. The van der Waals surface area contributed by atoms with Crippen molar-refractivity contribution in [2.75, 3.05) is 7.11 Å². The van der Waals surface area contributed by atoms with Crippen LogP contribution in [0.25, 0.3) is 10.9 Å². The van der Waals surface area contributed by atoms with E-state index in [4.69, 9.17) is 8.92 Å². The van der Waals surface area contributed by atoms with Gasteiger partial charge in [0.1, 0.15) is 16.8 Å². The molecule has 1 heterocycles. The minimum Gasteiger partial charge on any atom is -0.369 e. The maximum absolute atomic E-state index is 14.1. The Balaban J connectivity index is 1.90. The van der Waals surface area contributed by atoms with Gasteiger partial charge in [-0.15, -0.1) is 0 Å². The predicted molar refractivity (Wildman–Crippen MR) is 151 cm³/mol. The van der Waals surface area contributed by atoms with Crippen LogP contribution in [0.1, 0.15) is 93.5 Å². The standard InChI is InChI=1S/C31H35FN2O4S/c1-18(2)22-16-25(19(3)4)29(26(17-22)20(5)6)39(35,36)38-31-24-10-8-9-11-27(24)33-30(34-31)28(37-7)21-12-14-23(32)15-13-21/h8-20,28H,1-7H3/t28-/m1/s1. The van der Waals surface area contributed by atoms with Crippen LogP contribution in [-0.4, -0.2) is 25.5 Å². The second kappa shape index (κ2) is 11.4. The van der Waals surface area contributed by atoms with E-state index in [0.29, 0.717) is 27.6 Å². The number of para-hydroxylation sites is 1. The summed E-state index contributed by atoms with van der Waals surface area (Å²) in [6, 6.07) is 16.8. The van der Waals surface area contributed by atoms with Crippen LogP contribution in [0.5, 0.6) is 5.88 Å². The molecule has 0 aliphatic carbocycles. The molecule has 0 spiro atoms. The largest absolute Gasteiger partial charge is 0.369 e. The highest BCUT2D eigenvalue weighted by molar-refractivity contribution is 7.87. The lowest BCUT2D eigenvalue weighted by Gasteiger charge is -2.23. The van der Waals surface area contributed by atoms with Gasteiger partial charge in [0.15, 0.2) is 5.82 Å². The topological polar surface area (TPSA) is 78.4 Å². The molecule has 1 atom stereocenters. The molecule has 1 aromatic heterocycles. The maximum atomic E-state index is 14.1. The first-order chi connectivity index (χ1) is 18.4. The zero-order chi connectivity index (χ0) is 28.5. The number of fused-ring (bicyclic) bond motifs is 1. The van der Waals surface area contributed by atoms with E-state index in [0.717, 1.165) is 5.56 Å². The number of hydrogen-bond donors (Lipinski definition) is 0. The first-order valence-electron chi connectivity index (χ1n) is 13.1. The third-order valence-corrected chi connectivity index (χ3v) is 8.10. The summed E-state index contributed by atoms with van der Waals surface area (Å²) in [5, 5.41) is 0.453. The van der Waals surface area contributed by atoms with E-state index in [1.165, 1.54) is 19.2 Å². The van der Waals surface area contributed by atoms with E-state index in [2.05, 4.69) is 23.8 Å². The summed E-state index contributed by atoms with van der Waals surface area (Å²) in [6.45, 7) is 12.1. The molecular weight excluding hydrogens is 515 g/mol. The van der Waals surface area contributed by atoms with Crippen LogP contribution in [-0.2, 0) is 14.9 Å². The van der Waals surface area contributed by atoms with Crippen LogP contribution in [0.2, 0.25) is 0 Å². The van der Waals surface area contributed by atoms with Gasteiger partial charge in [0.2, 0.25) is 5.88 Å². The highest BCUT2D eigenvalue weighted by atomic mass is 32.2. The highest BCUT2D eigenvalue weighted by Crippen LogP contribution is 2.37. The van der Waals surface area contributed by atoms with Gasteiger partial charge in [-0.3, -0.25) is 0 Å². The first-order valence-corrected chi connectivity index (χ1v) is 14.5. The Morgan fingerprint density at radius 1 is 0.769 bits per heavy atom. The van der Waals surface area contributed by atoms with Crippen molar-refractivity contribution in [2.45, 2.75) is 70.3 Å². The molecule has 0 fully saturated rings. The van der Waals surface area contributed by atoms with Crippen molar-refractivity contribution in [1.29, 1.82) is 0 Å². The fraction of sp³-hybridized carbons (Fsp3) is 0.355. The van der Waals surface area contributed by atoms with E-state index in [1.807, 2.05) is 39.8 Å². The van der Waals surface area contributed by atoms with Gasteiger partial charge < -0.3 is 8.92 Å². The van der Waals surface area contributed by atoms with E-state index in [9.17, 15) is 12.8 Å². The van der Waals surface area contributed by atoms with Crippen molar-refractivity contribution in [2.24, 2.45) is 0 Å². The highest BCUT2D eigenvalue weighted by Gasteiger charge is 2.30. The molecule has 206 valence electrons. The molecule has 0 saturated carbocycles. The smallest absolute Gasteiger partial charge is 0.341 e. The monoisotopic (exact) mass is 550 g/mol. The number of halogens is 1. The maximum Gasteiger partial charge on any atom is 0.341 e. The molecule has 6 nitrogen and oxygen atoms in total. The number of aromatic nitrogens is 2. The number of methoxy groups -OCH3 is 1. The summed E-state index contributed by atoms with van der Waals surface area (Å²) < 4.78 is 53.3. The molecule has 4 rings (SSSR count). The van der Waals surface area contributed by atoms with E-state index >= 15 is 0 Å². The van der Waals surface area contributed by atoms with Gasteiger partial charge in [0.25, 0.3) is 0 Å². The quantitative estimate of drug-likeness (QED) is 0.199. The lowest BCUT2D eigenvalue weighted by Crippen LogP contribution is -2.19. The lowest BCUT2D eigenvalue weighted by atomic mass is 9.89. The second-order valence-electron chi connectivity index (χ2n) is 10.6. The molecule has 0 saturated heterocycles. The van der Waals surface area contributed by atoms with Crippen LogP contribution in [0, 0.1) is 5.82 Å². The van der Waals surface area contributed by atoms with Crippen molar-refractivity contribution in [3.63, 3.8) is 0 Å². The minimum atomic E-state index is -4.30. The molecule has 0 bridgehead atoms. The van der Waals surface area contributed by atoms with Crippen LogP contribution < -0.4 is 4.18 Å². The third kappa shape index (κ3) is 5.97. The Kier molecular flexibility index (Phi) is 8.37. The SMILES string of the molecule is CO[C@H](c1ccc(F)cc1)c1nc(OS(=O)(=O)c2c(C(C)C)cc(C(C)C)cc2C(C)C)c2ccccc2n1. The van der Waals surface area contributed by atoms with Gasteiger partial charge in [-0.05, 0) is 64.3 Å². The Morgan fingerprint density at radius 3 is 1.90 bits per heavy atom. The Bertz CT molecular complexity index is 1550. The Hall–Kier alpha value is -3.36. The van der Waals surface area contributed by atoms with Crippen LogP contribution in [0.4, 0.5) is 4.39 Å². The van der Waals surface area contributed by atoms with Gasteiger partial charge in [0.05, 0.1) is 10.9 Å². The Labute approximate surface area is 230 Å². The van der Waals surface area contributed by atoms with Crippen molar-refractivity contribution in [3.8, 4) is 5.88 Å². The van der Waals surface area contributed by atoms with E-state index < -0.39 is 16.2 Å². The first kappa shape index (κ1) is 28.6. The average molecular weight is 551 g/mol. The van der Waals surface area contributed by atoms with Crippen LogP contribution in [0.15, 0.2) is 65.6 Å². The zero-order valence-electron chi connectivity index (χ0n) is 23.4. The van der Waals surface area contributed by atoms with Crippen molar-refractivity contribution in [1.82, 2.24) is 9.97 Å². The number of ether oxygens (including phenoxy) is 1. The normalized spacial score (nSPS) is 13.0. The Morgan fingerprint density at radius 2 is 1.36 bits per heavy atom. The summed E-state index contributed by atoms with van der Waals surface area (Å²) in [4.78, 5) is 9.35. The average Bonchev–Trinajstić information content (AvgIpc) is 2.89. The van der Waals surface area contributed by atoms with Gasteiger partial charge in [-0.2, -0.15) is 13.4 Å². The van der Waals surface area contributed by atoms with Gasteiger partial charge in [-0.25, -0.2) is 9.37 Å². The predicted octanol–water partition coefficient (Wildman–Crippen LogP) is 7.64. The van der Waals surface area contributed by atoms with Crippen molar-refractivity contribution < 1.29 is 21.7 Å². The van der Waals surface area contributed by atoms with Crippen molar-refractivity contribution in [3.05, 3.63) is 94.6 Å². The number of nitrogens with zero attached hydrogens (tertiary/aromatic N) is 2. The van der Waals surface area contributed by atoms with Crippen molar-refractivity contribution >= 4 is 21.0 Å². The third-order valence-electron chi connectivity index (χ3n) is 6.75. The number of rotatable bonds is 9. The molecule has 0 aliphatic heterocycles. The molecule has 3 aromatic carbocycles. The summed E-state index contributed by atoms with van der Waals surface area (Å²) in [7, 11) is -2.81. The molecule has 0 aliphatic rings. The molecule has 4 aromatic rings. The van der Waals surface area contributed by atoms with E-state index in [1.54, 1.807) is 36.4 Å². The van der Waals surface area contributed by atoms with Crippen LogP contribution in [0.3, 0.4) is 0 Å². The van der Waals surface area contributed by atoms with Gasteiger partial charge in [-0.1, -0.05) is 77.9 Å². The van der Waals surface area contributed by atoms with Gasteiger partial charge >= 0.3 is 10.1 Å². The molecule has 39 heavy (non-hydrogen) atoms. The summed E-state index contributed by atoms with van der Waals surface area (Å²) in [5.74, 6) is -0.127. The van der Waals surface area contributed by atoms with Gasteiger partial charge in [0, 0.05) is 7.11 Å². The molecule has 0 unspecified atom stereocenters. The number of hydrogen-bond acceptors (Lipinski definition) is 6.